The highest BCUT2D eigenvalue weighted by molar-refractivity contribution is 5.85. The topological polar surface area (TPSA) is 80.2 Å². The molecule has 0 unspecified atom stereocenters. The first-order valence-corrected chi connectivity index (χ1v) is 8.91. The summed E-state index contributed by atoms with van der Waals surface area (Å²) in [4.78, 5) is 19.8. The van der Waals surface area contributed by atoms with Crippen LogP contribution in [0.5, 0.6) is 5.75 Å². The van der Waals surface area contributed by atoms with Gasteiger partial charge < -0.3 is 19.5 Å². The van der Waals surface area contributed by atoms with Crippen LogP contribution in [-0.2, 0) is 6.42 Å². The Morgan fingerprint density at radius 3 is 2.93 bits per heavy atom. The monoisotopic (exact) mass is 363 g/mol. The van der Waals surface area contributed by atoms with Crippen LogP contribution in [0.1, 0.15) is 22.7 Å². The Hall–Kier alpha value is -3.28. The second-order valence-electron chi connectivity index (χ2n) is 6.68. The molecule has 0 fully saturated rings. The van der Waals surface area contributed by atoms with Gasteiger partial charge in [-0.3, -0.25) is 0 Å². The standard InChI is InChI=1S/C21H21N3O3/c1-12-7-8-17-16(11-12)15(13(2)23-17)9-10-22-21(25)27-19-6-4-5-18-20(19)26-14(3)24-18/h4-8,11,23H,9-10H2,1-3H3,(H,22,25). The summed E-state index contributed by atoms with van der Waals surface area (Å²) in [5.41, 5.74) is 5.80. The van der Waals surface area contributed by atoms with E-state index < -0.39 is 6.09 Å². The molecule has 2 heterocycles. The Labute approximate surface area is 156 Å². The number of carbonyl (C=O) groups excluding carboxylic acids is 1. The number of aryl methyl sites for hydroxylation is 3. The molecular formula is C21H21N3O3. The Morgan fingerprint density at radius 2 is 2.07 bits per heavy atom. The van der Waals surface area contributed by atoms with Gasteiger partial charge in [0.05, 0.1) is 0 Å². The van der Waals surface area contributed by atoms with Crippen LogP contribution in [0.25, 0.3) is 22.0 Å². The van der Waals surface area contributed by atoms with Gasteiger partial charge in [0.2, 0.25) is 0 Å². The molecule has 27 heavy (non-hydrogen) atoms. The molecule has 0 atom stereocenters. The van der Waals surface area contributed by atoms with E-state index in [0.29, 0.717) is 29.3 Å². The van der Waals surface area contributed by atoms with Gasteiger partial charge in [-0.05, 0) is 50.1 Å². The molecule has 0 saturated heterocycles. The van der Waals surface area contributed by atoms with Gasteiger partial charge in [-0.15, -0.1) is 0 Å². The Balaban J connectivity index is 1.43. The fourth-order valence-corrected chi connectivity index (χ4v) is 3.36. The van der Waals surface area contributed by atoms with Crippen molar-refractivity contribution in [2.75, 3.05) is 6.54 Å². The van der Waals surface area contributed by atoms with E-state index in [1.165, 1.54) is 16.5 Å². The van der Waals surface area contributed by atoms with Crippen molar-refractivity contribution in [3.05, 3.63) is 59.1 Å². The molecule has 0 bridgehead atoms. The second kappa shape index (κ2) is 6.79. The molecule has 0 radical (unpaired) electrons. The van der Waals surface area contributed by atoms with Gasteiger partial charge in [-0.1, -0.05) is 17.7 Å². The number of aromatic nitrogens is 2. The summed E-state index contributed by atoms with van der Waals surface area (Å²) in [7, 11) is 0. The number of hydrogen-bond donors (Lipinski definition) is 2. The van der Waals surface area contributed by atoms with E-state index in [0.717, 1.165) is 17.6 Å². The molecule has 0 aliphatic rings. The summed E-state index contributed by atoms with van der Waals surface area (Å²) in [5.74, 6) is 0.899. The maximum Gasteiger partial charge on any atom is 0.412 e. The highest BCUT2D eigenvalue weighted by Gasteiger charge is 2.13. The zero-order chi connectivity index (χ0) is 19.0. The fraction of sp³-hybridized carbons (Fsp3) is 0.238. The number of nitrogens with one attached hydrogen (secondary N) is 2. The molecular weight excluding hydrogens is 342 g/mol. The summed E-state index contributed by atoms with van der Waals surface area (Å²) in [6.07, 6.45) is 0.209. The molecule has 2 aromatic carbocycles. The van der Waals surface area contributed by atoms with Crippen LogP contribution in [0.15, 0.2) is 40.8 Å². The maximum absolute atomic E-state index is 12.2. The van der Waals surface area contributed by atoms with Crippen LogP contribution in [0.3, 0.4) is 0 Å². The average Bonchev–Trinajstić information content (AvgIpc) is 3.15. The van der Waals surface area contributed by atoms with Gasteiger partial charge >= 0.3 is 6.09 Å². The summed E-state index contributed by atoms with van der Waals surface area (Å²) in [5, 5.41) is 4.01. The van der Waals surface area contributed by atoms with Crippen molar-refractivity contribution in [2.24, 2.45) is 0 Å². The SMILES string of the molecule is Cc1ccc2[nH]c(C)c(CCNC(=O)Oc3cccc4nc(C)oc34)c2c1. The highest BCUT2D eigenvalue weighted by atomic mass is 16.6. The van der Waals surface area contributed by atoms with Crippen LogP contribution in [0.4, 0.5) is 4.79 Å². The lowest BCUT2D eigenvalue weighted by Gasteiger charge is -2.07. The number of amides is 1. The van der Waals surface area contributed by atoms with E-state index in [9.17, 15) is 4.79 Å². The molecule has 6 nitrogen and oxygen atoms in total. The van der Waals surface area contributed by atoms with Crippen LogP contribution in [-0.4, -0.2) is 22.6 Å². The van der Waals surface area contributed by atoms with Gasteiger partial charge in [0.15, 0.2) is 17.2 Å². The minimum Gasteiger partial charge on any atom is -0.437 e. The third-order valence-electron chi connectivity index (χ3n) is 4.61. The van der Waals surface area contributed by atoms with Crippen molar-refractivity contribution >= 4 is 28.1 Å². The third-order valence-corrected chi connectivity index (χ3v) is 4.61. The number of para-hydroxylation sites is 1. The fourth-order valence-electron chi connectivity index (χ4n) is 3.36. The second-order valence-corrected chi connectivity index (χ2v) is 6.68. The first-order chi connectivity index (χ1) is 13.0. The van der Waals surface area contributed by atoms with Crippen molar-refractivity contribution in [1.29, 1.82) is 0 Å². The molecule has 2 aromatic heterocycles. The van der Waals surface area contributed by atoms with E-state index in [4.69, 9.17) is 9.15 Å². The number of oxazole rings is 1. The van der Waals surface area contributed by atoms with E-state index in [-0.39, 0.29) is 0 Å². The minimum absolute atomic E-state index is 0.365. The minimum atomic E-state index is -0.509. The molecule has 0 spiro atoms. The smallest absolute Gasteiger partial charge is 0.412 e. The number of benzene rings is 2. The zero-order valence-electron chi connectivity index (χ0n) is 15.6. The zero-order valence-corrected chi connectivity index (χ0v) is 15.6. The molecule has 2 N–H and O–H groups in total. The number of rotatable bonds is 4. The van der Waals surface area contributed by atoms with Crippen LogP contribution in [0, 0.1) is 20.8 Å². The van der Waals surface area contributed by atoms with E-state index in [1.807, 2.05) is 6.07 Å². The summed E-state index contributed by atoms with van der Waals surface area (Å²) in [6, 6.07) is 11.6. The number of hydrogen-bond acceptors (Lipinski definition) is 4. The summed E-state index contributed by atoms with van der Waals surface area (Å²) >= 11 is 0. The molecule has 138 valence electrons. The van der Waals surface area contributed by atoms with E-state index >= 15 is 0 Å². The van der Waals surface area contributed by atoms with Gasteiger partial charge in [0.1, 0.15) is 5.52 Å². The predicted octanol–water partition coefficient (Wildman–Crippen LogP) is 4.57. The molecule has 4 aromatic rings. The highest BCUT2D eigenvalue weighted by Crippen LogP contribution is 2.26. The molecule has 0 aliphatic carbocycles. The molecule has 4 rings (SSSR count). The Bertz CT molecular complexity index is 1140. The first kappa shape index (κ1) is 17.1. The number of carbonyl (C=O) groups is 1. The van der Waals surface area contributed by atoms with Crippen molar-refractivity contribution in [3.8, 4) is 5.75 Å². The quantitative estimate of drug-likeness (QED) is 0.557. The molecule has 6 heteroatoms. The lowest BCUT2D eigenvalue weighted by molar-refractivity contribution is 0.200. The Morgan fingerprint density at radius 1 is 1.22 bits per heavy atom. The predicted molar refractivity (Wildman–Crippen MR) is 104 cm³/mol. The number of ether oxygens (including phenoxy) is 1. The van der Waals surface area contributed by atoms with Gasteiger partial charge in [-0.2, -0.15) is 0 Å². The summed E-state index contributed by atoms with van der Waals surface area (Å²) in [6.45, 7) is 6.37. The van der Waals surface area contributed by atoms with Crippen molar-refractivity contribution < 1.29 is 13.9 Å². The van der Waals surface area contributed by atoms with Gasteiger partial charge in [-0.25, -0.2) is 9.78 Å². The number of aromatic amines is 1. The molecule has 0 aliphatic heterocycles. The van der Waals surface area contributed by atoms with Crippen LogP contribution in [0.2, 0.25) is 0 Å². The average molecular weight is 363 g/mol. The van der Waals surface area contributed by atoms with Gasteiger partial charge in [0, 0.05) is 30.1 Å². The van der Waals surface area contributed by atoms with Crippen molar-refractivity contribution in [1.82, 2.24) is 15.3 Å². The summed E-state index contributed by atoms with van der Waals surface area (Å²) < 4.78 is 10.9. The lowest BCUT2D eigenvalue weighted by atomic mass is 10.1. The van der Waals surface area contributed by atoms with Crippen LogP contribution < -0.4 is 10.1 Å². The van der Waals surface area contributed by atoms with Crippen molar-refractivity contribution in [3.63, 3.8) is 0 Å². The molecule has 0 saturated carbocycles. The van der Waals surface area contributed by atoms with E-state index in [1.54, 1.807) is 19.1 Å². The van der Waals surface area contributed by atoms with Crippen molar-refractivity contribution in [2.45, 2.75) is 27.2 Å². The maximum atomic E-state index is 12.2. The van der Waals surface area contributed by atoms with Crippen LogP contribution >= 0.6 is 0 Å². The number of nitrogens with zero attached hydrogens (tertiary/aromatic N) is 1. The Kier molecular flexibility index (Phi) is 4.32. The van der Waals surface area contributed by atoms with Gasteiger partial charge in [0.25, 0.3) is 0 Å². The lowest BCUT2D eigenvalue weighted by Crippen LogP contribution is -2.28. The van der Waals surface area contributed by atoms with E-state index in [2.05, 4.69) is 47.3 Å². The largest absolute Gasteiger partial charge is 0.437 e. The third kappa shape index (κ3) is 3.38. The first-order valence-electron chi connectivity index (χ1n) is 8.91. The molecule has 1 amide bonds. The number of fused-ring (bicyclic) bond motifs is 2. The number of H-pyrrole nitrogens is 1. The normalized spacial score (nSPS) is 11.2.